The molecule has 0 saturated carbocycles. The minimum Gasteiger partial charge on any atom is -0.497 e. The van der Waals surface area contributed by atoms with Crippen molar-refractivity contribution in [2.24, 2.45) is 0 Å². The van der Waals surface area contributed by atoms with Gasteiger partial charge in [0, 0.05) is 29.2 Å². The predicted molar refractivity (Wildman–Crippen MR) is 93.0 cm³/mol. The number of H-pyrrole nitrogens is 1. The van der Waals surface area contributed by atoms with Crippen LogP contribution in [0.15, 0.2) is 54.1 Å². The summed E-state index contributed by atoms with van der Waals surface area (Å²) in [4.78, 5) is 12.4. The lowest BCUT2D eigenvalue weighted by Crippen LogP contribution is -1.94. The van der Waals surface area contributed by atoms with Crippen molar-refractivity contribution in [2.45, 2.75) is 6.42 Å². The van der Waals surface area contributed by atoms with Crippen LogP contribution < -0.4 is 4.74 Å². The van der Waals surface area contributed by atoms with E-state index in [-0.39, 0.29) is 5.78 Å². The molecule has 0 spiro atoms. The van der Waals surface area contributed by atoms with Gasteiger partial charge in [-0.15, -0.1) is 0 Å². The largest absolute Gasteiger partial charge is 0.497 e. The van der Waals surface area contributed by atoms with E-state index in [1.165, 1.54) is 13.2 Å². The number of halogens is 1. The van der Waals surface area contributed by atoms with E-state index in [2.05, 4.69) is 10.2 Å². The van der Waals surface area contributed by atoms with E-state index in [1.54, 1.807) is 24.3 Å². The number of rotatable bonds is 3. The molecule has 1 heterocycles. The van der Waals surface area contributed by atoms with Crippen molar-refractivity contribution in [3.8, 4) is 17.0 Å². The summed E-state index contributed by atoms with van der Waals surface area (Å²) in [5, 5.41) is 7.02. The maximum Gasteiger partial charge on any atom is 0.189 e. The molecule has 0 fully saturated rings. The second-order valence-corrected chi connectivity index (χ2v) is 5.89. The Morgan fingerprint density at radius 3 is 2.76 bits per heavy atom. The first-order chi connectivity index (χ1) is 12.2. The fourth-order valence-electron chi connectivity index (χ4n) is 3.04. The Kier molecular flexibility index (Phi) is 3.69. The highest BCUT2D eigenvalue weighted by atomic mass is 19.1. The fourth-order valence-corrected chi connectivity index (χ4v) is 3.04. The van der Waals surface area contributed by atoms with Gasteiger partial charge < -0.3 is 4.74 Å². The number of hydrogen-bond acceptors (Lipinski definition) is 3. The molecule has 0 radical (unpaired) electrons. The number of Topliss-reactive ketones (excluding diaryl/α,β-unsaturated/α-hetero) is 1. The van der Waals surface area contributed by atoms with Crippen LogP contribution in [0.3, 0.4) is 0 Å². The molecule has 124 valence electrons. The molecule has 3 aromatic rings. The van der Waals surface area contributed by atoms with E-state index in [1.807, 2.05) is 24.3 Å². The summed E-state index contributed by atoms with van der Waals surface area (Å²) in [5.74, 6) is 0.0743. The third-order valence-corrected chi connectivity index (χ3v) is 4.31. The Hall–Kier alpha value is -3.21. The molecule has 2 aromatic carbocycles. The molecule has 4 rings (SSSR count). The number of ether oxygens (including phenoxy) is 1. The predicted octanol–water partition coefficient (Wildman–Crippen LogP) is 4.05. The molecule has 0 aliphatic heterocycles. The Morgan fingerprint density at radius 2 is 2.00 bits per heavy atom. The molecule has 0 unspecified atom stereocenters. The van der Waals surface area contributed by atoms with Crippen molar-refractivity contribution >= 4 is 11.9 Å². The van der Waals surface area contributed by atoms with Gasteiger partial charge in [0.25, 0.3) is 0 Å². The van der Waals surface area contributed by atoms with Crippen molar-refractivity contribution < 1.29 is 13.9 Å². The van der Waals surface area contributed by atoms with Crippen molar-refractivity contribution in [2.75, 3.05) is 7.11 Å². The van der Waals surface area contributed by atoms with Gasteiger partial charge in [-0.1, -0.05) is 24.3 Å². The molecule has 0 saturated heterocycles. The molecule has 1 N–H and O–H groups in total. The maximum atomic E-state index is 14.2. The number of carbonyl (C=O) groups is 1. The number of ketones is 1. The molecule has 1 aliphatic carbocycles. The number of nitrogens with zero attached hydrogens (tertiary/aromatic N) is 1. The number of carbonyl (C=O) groups excluding carboxylic acids is 1. The summed E-state index contributed by atoms with van der Waals surface area (Å²) in [5.41, 5.74) is 4.00. The van der Waals surface area contributed by atoms with Crippen molar-refractivity contribution in [3.63, 3.8) is 0 Å². The molecule has 0 atom stereocenters. The normalized spacial score (nSPS) is 14.8. The average molecular weight is 334 g/mol. The van der Waals surface area contributed by atoms with E-state index in [0.29, 0.717) is 34.7 Å². The molecule has 0 amide bonds. The lowest BCUT2D eigenvalue weighted by molar-refractivity contribution is 0.104. The van der Waals surface area contributed by atoms with Crippen molar-refractivity contribution in [1.82, 2.24) is 10.2 Å². The van der Waals surface area contributed by atoms with Gasteiger partial charge in [0.1, 0.15) is 11.6 Å². The summed E-state index contributed by atoms with van der Waals surface area (Å²) < 4.78 is 19.2. The van der Waals surface area contributed by atoms with Crippen LogP contribution in [0.25, 0.3) is 17.3 Å². The summed E-state index contributed by atoms with van der Waals surface area (Å²) in [6, 6.07) is 13.9. The Bertz CT molecular complexity index is 1000. The van der Waals surface area contributed by atoms with Gasteiger partial charge >= 0.3 is 0 Å². The van der Waals surface area contributed by atoms with Crippen LogP contribution in [0.2, 0.25) is 0 Å². The second kappa shape index (κ2) is 6.02. The summed E-state index contributed by atoms with van der Waals surface area (Å²) in [6.07, 6.45) is 2.38. The number of benzene rings is 2. The topological polar surface area (TPSA) is 55.0 Å². The number of aromatic amines is 1. The maximum absolute atomic E-state index is 14.2. The number of hydrogen-bond donors (Lipinski definition) is 1. The third kappa shape index (κ3) is 2.74. The Labute approximate surface area is 144 Å². The second-order valence-electron chi connectivity index (χ2n) is 5.89. The molecule has 25 heavy (non-hydrogen) atoms. The number of allylic oxidation sites excluding steroid dienone is 1. The summed E-state index contributed by atoms with van der Waals surface area (Å²) in [7, 11) is 1.49. The summed E-state index contributed by atoms with van der Waals surface area (Å²) in [6.45, 7) is 0. The van der Waals surface area contributed by atoms with E-state index in [4.69, 9.17) is 4.74 Å². The molecule has 0 bridgehead atoms. The highest BCUT2D eigenvalue weighted by Gasteiger charge is 2.24. The van der Waals surface area contributed by atoms with E-state index in [0.717, 1.165) is 11.1 Å². The van der Waals surface area contributed by atoms with Crippen LogP contribution in [0.4, 0.5) is 4.39 Å². The van der Waals surface area contributed by atoms with Gasteiger partial charge in [-0.05, 0) is 29.8 Å². The average Bonchev–Trinajstić information content (AvgIpc) is 3.21. The monoisotopic (exact) mass is 334 g/mol. The quantitative estimate of drug-likeness (QED) is 0.735. The van der Waals surface area contributed by atoms with Crippen LogP contribution in [-0.2, 0) is 6.42 Å². The molecule has 1 aromatic heterocycles. The zero-order valence-corrected chi connectivity index (χ0v) is 13.5. The van der Waals surface area contributed by atoms with E-state index >= 15 is 0 Å². The van der Waals surface area contributed by atoms with Crippen LogP contribution in [0.5, 0.6) is 5.75 Å². The zero-order valence-electron chi connectivity index (χ0n) is 13.5. The fraction of sp³-hybridized carbons (Fsp3) is 0.100. The number of nitrogens with one attached hydrogen (secondary N) is 1. The minimum atomic E-state index is -0.408. The van der Waals surface area contributed by atoms with Gasteiger partial charge in [-0.3, -0.25) is 9.89 Å². The first kappa shape index (κ1) is 15.3. The lowest BCUT2D eigenvalue weighted by Gasteiger charge is -2.02. The van der Waals surface area contributed by atoms with Crippen LogP contribution >= 0.6 is 0 Å². The first-order valence-corrected chi connectivity index (χ1v) is 7.88. The van der Waals surface area contributed by atoms with Crippen LogP contribution in [-0.4, -0.2) is 23.1 Å². The SMILES string of the molecule is COc1ccc(-c2cc(C=C3Cc4ccccc4C3=O)[nH]n2)c(F)c1. The van der Waals surface area contributed by atoms with Gasteiger partial charge in [-0.25, -0.2) is 4.39 Å². The molecule has 1 aliphatic rings. The minimum absolute atomic E-state index is 0.0300. The van der Waals surface area contributed by atoms with E-state index in [9.17, 15) is 9.18 Å². The Balaban J connectivity index is 1.64. The van der Waals surface area contributed by atoms with Gasteiger partial charge in [0.15, 0.2) is 5.78 Å². The lowest BCUT2D eigenvalue weighted by atomic mass is 10.1. The highest BCUT2D eigenvalue weighted by Crippen LogP contribution is 2.29. The number of aromatic nitrogens is 2. The molecular weight excluding hydrogens is 319 g/mol. The van der Waals surface area contributed by atoms with Gasteiger partial charge in [0.2, 0.25) is 0 Å². The number of methoxy groups -OCH3 is 1. The van der Waals surface area contributed by atoms with Crippen LogP contribution in [0, 0.1) is 5.82 Å². The molecule has 5 heteroatoms. The van der Waals surface area contributed by atoms with Crippen molar-refractivity contribution in [3.05, 3.63) is 76.7 Å². The third-order valence-electron chi connectivity index (χ3n) is 4.31. The first-order valence-electron chi connectivity index (χ1n) is 7.88. The van der Waals surface area contributed by atoms with Gasteiger partial charge in [-0.2, -0.15) is 5.10 Å². The molecular formula is C20H15FN2O2. The van der Waals surface area contributed by atoms with Gasteiger partial charge in [0.05, 0.1) is 18.5 Å². The number of fused-ring (bicyclic) bond motifs is 1. The van der Waals surface area contributed by atoms with E-state index < -0.39 is 5.82 Å². The standard InChI is InChI=1S/C20H15FN2O2/c1-25-15-6-7-17(18(21)11-15)19-10-14(22-23-19)9-13-8-12-4-2-3-5-16(12)20(13)24/h2-7,9-11H,8H2,1H3,(H,22,23). The Morgan fingerprint density at radius 1 is 1.16 bits per heavy atom. The zero-order chi connectivity index (χ0) is 17.4. The summed E-state index contributed by atoms with van der Waals surface area (Å²) >= 11 is 0. The highest BCUT2D eigenvalue weighted by molar-refractivity contribution is 6.15. The van der Waals surface area contributed by atoms with Crippen LogP contribution in [0.1, 0.15) is 21.6 Å². The molecule has 4 nitrogen and oxygen atoms in total. The smallest absolute Gasteiger partial charge is 0.189 e. The van der Waals surface area contributed by atoms with Crippen molar-refractivity contribution in [1.29, 1.82) is 0 Å².